The molecule has 0 heterocycles. The standard InChI is InChI=1S/C17H32/c1-5-15-7-14(4)10-17(11-15)16-8-12(2)6-13(3)9-16/h12-17H,5-11H2,1-4H3. The van der Waals surface area contributed by atoms with Crippen LogP contribution in [0.5, 0.6) is 0 Å². The molecule has 0 aromatic heterocycles. The lowest BCUT2D eigenvalue weighted by atomic mass is 9.64. The van der Waals surface area contributed by atoms with Gasteiger partial charge in [-0.25, -0.2) is 0 Å². The summed E-state index contributed by atoms with van der Waals surface area (Å²) in [7, 11) is 0. The molecule has 0 heteroatoms. The Kier molecular flexibility index (Phi) is 4.55. The van der Waals surface area contributed by atoms with E-state index in [9.17, 15) is 0 Å². The van der Waals surface area contributed by atoms with Crippen molar-refractivity contribution in [3.8, 4) is 0 Å². The fourth-order valence-corrected chi connectivity index (χ4v) is 4.92. The maximum atomic E-state index is 2.49. The average Bonchev–Trinajstić information content (AvgIpc) is 2.26. The van der Waals surface area contributed by atoms with E-state index in [-0.39, 0.29) is 0 Å². The number of hydrogen-bond donors (Lipinski definition) is 0. The first kappa shape index (κ1) is 13.4. The lowest BCUT2D eigenvalue weighted by Crippen LogP contribution is -2.31. The van der Waals surface area contributed by atoms with E-state index in [2.05, 4.69) is 27.7 Å². The molecule has 2 aliphatic rings. The van der Waals surface area contributed by atoms with E-state index in [1.807, 2.05) is 0 Å². The molecule has 0 spiro atoms. The summed E-state index contributed by atoms with van der Waals surface area (Å²) < 4.78 is 0. The molecular weight excluding hydrogens is 204 g/mol. The van der Waals surface area contributed by atoms with Crippen molar-refractivity contribution in [3.63, 3.8) is 0 Å². The second kappa shape index (κ2) is 5.76. The number of hydrogen-bond acceptors (Lipinski definition) is 0. The predicted octanol–water partition coefficient (Wildman–Crippen LogP) is 5.52. The van der Waals surface area contributed by atoms with Gasteiger partial charge in [0.15, 0.2) is 0 Å². The molecule has 0 aromatic carbocycles. The molecule has 0 aliphatic heterocycles. The van der Waals surface area contributed by atoms with Crippen LogP contribution in [0.15, 0.2) is 0 Å². The van der Waals surface area contributed by atoms with Crippen molar-refractivity contribution in [2.45, 2.75) is 72.6 Å². The highest BCUT2D eigenvalue weighted by Crippen LogP contribution is 2.45. The van der Waals surface area contributed by atoms with Gasteiger partial charge in [0.2, 0.25) is 0 Å². The molecule has 5 unspecified atom stereocenters. The fraction of sp³-hybridized carbons (Fsp3) is 1.00. The first-order valence-electron chi connectivity index (χ1n) is 8.08. The van der Waals surface area contributed by atoms with Gasteiger partial charge in [-0.2, -0.15) is 0 Å². The van der Waals surface area contributed by atoms with Crippen molar-refractivity contribution in [2.24, 2.45) is 35.5 Å². The van der Waals surface area contributed by atoms with E-state index in [0.717, 1.165) is 35.5 Å². The molecule has 2 fully saturated rings. The van der Waals surface area contributed by atoms with Crippen LogP contribution in [-0.2, 0) is 0 Å². The third kappa shape index (κ3) is 3.48. The summed E-state index contributed by atoms with van der Waals surface area (Å²) in [6.07, 6.45) is 10.5. The zero-order valence-corrected chi connectivity index (χ0v) is 12.4. The van der Waals surface area contributed by atoms with E-state index in [4.69, 9.17) is 0 Å². The number of rotatable bonds is 2. The Morgan fingerprint density at radius 1 is 0.647 bits per heavy atom. The lowest BCUT2D eigenvalue weighted by molar-refractivity contribution is 0.0899. The van der Waals surface area contributed by atoms with Crippen molar-refractivity contribution < 1.29 is 0 Å². The summed E-state index contributed by atoms with van der Waals surface area (Å²) >= 11 is 0. The molecule has 0 saturated heterocycles. The van der Waals surface area contributed by atoms with Gasteiger partial charge in [0, 0.05) is 0 Å². The van der Waals surface area contributed by atoms with E-state index in [1.54, 1.807) is 6.42 Å². The van der Waals surface area contributed by atoms with Crippen molar-refractivity contribution in [1.29, 1.82) is 0 Å². The molecule has 100 valence electrons. The van der Waals surface area contributed by atoms with Crippen LogP contribution in [0.25, 0.3) is 0 Å². The van der Waals surface area contributed by atoms with Crippen molar-refractivity contribution >= 4 is 0 Å². The summed E-state index contributed by atoms with van der Waals surface area (Å²) in [6, 6.07) is 0. The SMILES string of the molecule is CCC1CC(C)CC(C2CC(C)CC(C)C2)C1. The van der Waals surface area contributed by atoms with Crippen LogP contribution >= 0.6 is 0 Å². The maximum Gasteiger partial charge on any atom is -0.0380 e. The summed E-state index contributed by atoms with van der Waals surface area (Å²) in [6.45, 7) is 9.84. The molecule has 2 saturated carbocycles. The third-order valence-electron chi connectivity index (χ3n) is 5.54. The van der Waals surface area contributed by atoms with Crippen LogP contribution in [0.4, 0.5) is 0 Å². The smallest absolute Gasteiger partial charge is 0.0380 e. The Balaban J connectivity index is 1.95. The molecular formula is C17H32. The highest BCUT2D eigenvalue weighted by Gasteiger charge is 2.34. The summed E-state index contributed by atoms with van der Waals surface area (Å²) in [4.78, 5) is 0. The van der Waals surface area contributed by atoms with Gasteiger partial charge in [-0.05, 0) is 74.0 Å². The quantitative estimate of drug-likeness (QED) is 0.592. The van der Waals surface area contributed by atoms with Crippen LogP contribution in [-0.4, -0.2) is 0 Å². The van der Waals surface area contributed by atoms with Gasteiger partial charge in [-0.1, -0.05) is 34.1 Å². The van der Waals surface area contributed by atoms with Crippen LogP contribution < -0.4 is 0 Å². The zero-order valence-electron chi connectivity index (χ0n) is 12.4. The first-order valence-corrected chi connectivity index (χ1v) is 8.08. The summed E-state index contributed by atoms with van der Waals surface area (Å²) in [5, 5.41) is 0. The van der Waals surface area contributed by atoms with Gasteiger partial charge >= 0.3 is 0 Å². The third-order valence-corrected chi connectivity index (χ3v) is 5.54. The molecule has 0 amide bonds. The van der Waals surface area contributed by atoms with Crippen LogP contribution in [0.2, 0.25) is 0 Å². The van der Waals surface area contributed by atoms with Crippen molar-refractivity contribution in [3.05, 3.63) is 0 Å². The summed E-state index contributed by atoms with van der Waals surface area (Å²) in [5.41, 5.74) is 0. The molecule has 5 atom stereocenters. The van der Waals surface area contributed by atoms with Crippen LogP contribution in [0.3, 0.4) is 0 Å². The van der Waals surface area contributed by atoms with E-state index in [1.165, 1.54) is 38.5 Å². The van der Waals surface area contributed by atoms with E-state index in [0.29, 0.717) is 0 Å². The molecule has 0 bridgehead atoms. The minimum atomic E-state index is 0.987. The lowest BCUT2D eigenvalue weighted by Gasteiger charge is -2.42. The molecule has 2 rings (SSSR count). The fourth-order valence-electron chi connectivity index (χ4n) is 4.92. The molecule has 0 N–H and O–H groups in total. The van der Waals surface area contributed by atoms with Crippen LogP contribution in [0.1, 0.15) is 72.6 Å². The van der Waals surface area contributed by atoms with Crippen molar-refractivity contribution in [1.82, 2.24) is 0 Å². The van der Waals surface area contributed by atoms with E-state index >= 15 is 0 Å². The zero-order chi connectivity index (χ0) is 12.4. The van der Waals surface area contributed by atoms with Gasteiger partial charge in [-0.3, -0.25) is 0 Å². The minimum absolute atomic E-state index is 0.987. The second-order valence-electron chi connectivity index (χ2n) is 7.52. The Labute approximate surface area is 109 Å². The topological polar surface area (TPSA) is 0 Å². The molecule has 17 heavy (non-hydrogen) atoms. The largest absolute Gasteiger partial charge is 0.0651 e. The Hall–Kier alpha value is 0. The Morgan fingerprint density at radius 2 is 1.12 bits per heavy atom. The van der Waals surface area contributed by atoms with Gasteiger partial charge in [-0.15, -0.1) is 0 Å². The van der Waals surface area contributed by atoms with Gasteiger partial charge in [0.1, 0.15) is 0 Å². The average molecular weight is 236 g/mol. The maximum absolute atomic E-state index is 2.49. The van der Waals surface area contributed by atoms with Crippen molar-refractivity contribution in [2.75, 3.05) is 0 Å². The normalized spacial score (nSPS) is 48.0. The monoisotopic (exact) mass is 236 g/mol. The Bertz CT molecular complexity index is 222. The summed E-state index contributed by atoms with van der Waals surface area (Å²) in [5.74, 6) is 6.13. The van der Waals surface area contributed by atoms with Gasteiger partial charge < -0.3 is 0 Å². The molecule has 0 radical (unpaired) electrons. The van der Waals surface area contributed by atoms with Crippen LogP contribution in [0, 0.1) is 35.5 Å². The highest BCUT2D eigenvalue weighted by molar-refractivity contribution is 4.85. The van der Waals surface area contributed by atoms with Gasteiger partial charge in [0.25, 0.3) is 0 Å². The van der Waals surface area contributed by atoms with Gasteiger partial charge in [0.05, 0.1) is 0 Å². The first-order chi connectivity index (χ1) is 8.08. The molecule has 0 nitrogen and oxygen atoms in total. The highest BCUT2D eigenvalue weighted by atomic mass is 14.4. The Morgan fingerprint density at radius 3 is 1.65 bits per heavy atom. The predicted molar refractivity (Wildman–Crippen MR) is 76.0 cm³/mol. The second-order valence-corrected chi connectivity index (χ2v) is 7.52. The molecule has 2 aliphatic carbocycles. The van der Waals surface area contributed by atoms with E-state index < -0.39 is 0 Å². The minimum Gasteiger partial charge on any atom is -0.0651 e. The molecule has 0 aromatic rings.